The molecule has 0 saturated heterocycles. The lowest BCUT2D eigenvalue weighted by Crippen LogP contribution is -2.34. The van der Waals surface area contributed by atoms with E-state index < -0.39 is 35.5 Å². The SMILES string of the molecule is CCOc1nc(CC)c(CNC(=O)C(S)CC(F)(F)F)n1Cc1ccc(-c2ccccc2C(=O)O)cc1F. The molecule has 3 aromatic rings. The molecule has 0 aliphatic heterocycles. The number of hydrogen-bond acceptors (Lipinski definition) is 5. The molecule has 0 spiro atoms. The summed E-state index contributed by atoms with van der Waals surface area (Å²) in [6, 6.07) is 10.8. The molecule has 0 aliphatic carbocycles. The second-order valence-electron chi connectivity index (χ2n) is 8.37. The summed E-state index contributed by atoms with van der Waals surface area (Å²) in [6.07, 6.45) is -5.50. The van der Waals surface area contributed by atoms with Gasteiger partial charge >= 0.3 is 12.1 Å². The summed E-state index contributed by atoms with van der Waals surface area (Å²) in [5.41, 5.74) is 2.00. The number of benzene rings is 2. The summed E-state index contributed by atoms with van der Waals surface area (Å²) in [4.78, 5) is 28.2. The topological polar surface area (TPSA) is 93.5 Å². The third-order valence-electron chi connectivity index (χ3n) is 5.74. The lowest BCUT2D eigenvalue weighted by molar-refractivity contribution is -0.142. The number of nitrogens with one attached hydrogen (secondary N) is 1. The third kappa shape index (κ3) is 7.06. The van der Waals surface area contributed by atoms with Crippen LogP contribution in [-0.2, 0) is 24.3 Å². The van der Waals surface area contributed by atoms with Crippen LogP contribution in [0.4, 0.5) is 17.6 Å². The van der Waals surface area contributed by atoms with Crippen LogP contribution < -0.4 is 10.1 Å². The number of carboxylic acids is 1. The third-order valence-corrected chi connectivity index (χ3v) is 6.15. The van der Waals surface area contributed by atoms with Crippen LogP contribution in [0.5, 0.6) is 6.01 Å². The van der Waals surface area contributed by atoms with Crippen molar-refractivity contribution in [2.45, 2.75) is 51.2 Å². The zero-order valence-electron chi connectivity index (χ0n) is 20.7. The number of carbonyl (C=O) groups is 2. The van der Waals surface area contributed by atoms with Crippen LogP contribution >= 0.6 is 12.6 Å². The van der Waals surface area contributed by atoms with E-state index in [4.69, 9.17) is 4.74 Å². The second kappa shape index (κ2) is 12.3. The van der Waals surface area contributed by atoms with Crippen molar-refractivity contribution < 1.29 is 37.0 Å². The normalized spacial score (nSPS) is 12.3. The number of imidazole rings is 1. The highest BCUT2D eigenvalue weighted by atomic mass is 32.1. The standard InChI is InChI=1S/C26H27F4N3O4S/c1-3-20-21(13-31-23(34)22(38)12-26(28,29)30)33(25(32-20)37-4-2)14-16-10-9-15(11-19(16)27)17-7-5-6-8-18(17)24(35)36/h5-11,22,38H,3-4,12-14H2,1-2H3,(H,31,34)(H,35,36). The number of halogens is 4. The van der Waals surface area contributed by atoms with Crippen LogP contribution in [0.2, 0.25) is 0 Å². The van der Waals surface area contributed by atoms with Crippen molar-refractivity contribution in [3.8, 4) is 17.1 Å². The van der Waals surface area contributed by atoms with Gasteiger partial charge in [-0.3, -0.25) is 9.36 Å². The predicted octanol–water partition coefficient (Wildman–Crippen LogP) is 5.26. The molecule has 7 nitrogen and oxygen atoms in total. The van der Waals surface area contributed by atoms with Gasteiger partial charge in [-0.05, 0) is 36.6 Å². The molecule has 1 heterocycles. The van der Waals surface area contributed by atoms with E-state index in [1.807, 2.05) is 6.92 Å². The smallest absolute Gasteiger partial charge is 0.390 e. The van der Waals surface area contributed by atoms with Gasteiger partial charge in [0.2, 0.25) is 5.91 Å². The molecule has 38 heavy (non-hydrogen) atoms. The summed E-state index contributed by atoms with van der Waals surface area (Å²) >= 11 is 3.77. The molecule has 12 heteroatoms. The van der Waals surface area contributed by atoms with Crippen molar-refractivity contribution in [2.24, 2.45) is 0 Å². The number of aromatic carboxylic acids is 1. The number of aromatic nitrogens is 2. The first kappa shape index (κ1) is 29.0. The molecule has 2 N–H and O–H groups in total. The number of aryl methyl sites for hydroxylation is 1. The fourth-order valence-electron chi connectivity index (χ4n) is 3.93. The molecule has 1 atom stereocenters. The minimum Gasteiger partial charge on any atom is -0.478 e. The molecule has 0 bridgehead atoms. The average Bonchev–Trinajstić information content (AvgIpc) is 3.18. The zero-order chi connectivity index (χ0) is 28.0. The van der Waals surface area contributed by atoms with Crippen molar-refractivity contribution in [1.29, 1.82) is 0 Å². The van der Waals surface area contributed by atoms with Crippen molar-refractivity contribution in [1.82, 2.24) is 14.9 Å². The van der Waals surface area contributed by atoms with E-state index in [9.17, 15) is 27.9 Å². The number of rotatable bonds is 11. The summed E-state index contributed by atoms with van der Waals surface area (Å²) in [6.45, 7) is 3.59. The van der Waals surface area contributed by atoms with Gasteiger partial charge in [-0.15, -0.1) is 0 Å². The van der Waals surface area contributed by atoms with Gasteiger partial charge in [-0.1, -0.05) is 37.3 Å². The molecule has 1 unspecified atom stereocenters. The number of carboxylic acid groups (broad SMARTS) is 1. The van der Waals surface area contributed by atoms with Crippen LogP contribution in [0.1, 0.15) is 47.6 Å². The molecule has 0 aliphatic rings. The van der Waals surface area contributed by atoms with Crippen molar-refractivity contribution in [3.05, 3.63) is 70.8 Å². The Morgan fingerprint density at radius 2 is 1.89 bits per heavy atom. The minimum absolute atomic E-state index is 0.0338. The number of hydrogen-bond donors (Lipinski definition) is 3. The monoisotopic (exact) mass is 553 g/mol. The zero-order valence-corrected chi connectivity index (χ0v) is 21.6. The second-order valence-corrected chi connectivity index (χ2v) is 8.99. The Labute approximate surface area is 222 Å². The molecule has 2 aromatic carbocycles. The van der Waals surface area contributed by atoms with Crippen LogP contribution in [-0.4, -0.2) is 44.6 Å². The Hall–Kier alpha value is -3.54. The summed E-state index contributed by atoms with van der Waals surface area (Å²) in [7, 11) is 0. The van der Waals surface area contributed by atoms with E-state index in [-0.39, 0.29) is 36.8 Å². The molecule has 204 valence electrons. The maximum Gasteiger partial charge on any atom is 0.390 e. The van der Waals surface area contributed by atoms with E-state index in [1.165, 1.54) is 18.2 Å². The number of nitrogens with zero attached hydrogens (tertiary/aromatic N) is 2. The Morgan fingerprint density at radius 3 is 2.50 bits per heavy atom. The fraction of sp³-hybridized carbons (Fsp3) is 0.346. The van der Waals surface area contributed by atoms with Crippen molar-refractivity contribution in [3.63, 3.8) is 0 Å². The molecule has 3 rings (SSSR count). The summed E-state index contributed by atoms with van der Waals surface area (Å²) in [5.74, 6) is -2.64. The molecule has 0 radical (unpaired) electrons. The molecule has 1 aromatic heterocycles. The van der Waals surface area contributed by atoms with Gasteiger partial charge in [0.05, 0.1) is 48.3 Å². The van der Waals surface area contributed by atoms with Crippen molar-refractivity contribution >= 4 is 24.5 Å². The minimum atomic E-state index is -4.54. The average molecular weight is 554 g/mol. The van der Waals surface area contributed by atoms with Crippen LogP contribution in [0.3, 0.4) is 0 Å². The Balaban J connectivity index is 1.91. The van der Waals surface area contributed by atoms with E-state index in [2.05, 4.69) is 22.9 Å². The first-order valence-electron chi connectivity index (χ1n) is 11.8. The maximum atomic E-state index is 15.3. The highest BCUT2D eigenvalue weighted by molar-refractivity contribution is 7.81. The van der Waals surface area contributed by atoms with Gasteiger partial charge in [0.1, 0.15) is 5.82 Å². The Bertz CT molecular complexity index is 1310. The number of thiol groups is 1. The molecule has 0 saturated carbocycles. The Kier molecular flexibility index (Phi) is 9.42. The highest BCUT2D eigenvalue weighted by Gasteiger charge is 2.33. The van der Waals surface area contributed by atoms with Gasteiger partial charge in [-0.2, -0.15) is 30.8 Å². The highest BCUT2D eigenvalue weighted by Crippen LogP contribution is 2.28. The number of alkyl halides is 3. The first-order chi connectivity index (χ1) is 17.9. The lowest BCUT2D eigenvalue weighted by Gasteiger charge is -2.16. The Morgan fingerprint density at radius 1 is 1.18 bits per heavy atom. The van der Waals surface area contributed by atoms with Gasteiger partial charge in [0, 0.05) is 5.56 Å². The maximum absolute atomic E-state index is 15.3. The van der Waals surface area contributed by atoms with E-state index >= 15 is 4.39 Å². The summed E-state index contributed by atoms with van der Waals surface area (Å²) < 4.78 is 60.4. The lowest BCUT2D eigenvalue weighted by atomic mass is 9.98. The van der Waals surface area contributed by atoms with Crippen LogP contribution in [0.15, 0.2) is 42.5 Å². The molecule has 0 fully saturated rings. The van der Waals surface area contributed by atoms with Crippen molar-refractivity contribution in [2.75, 3.05) is 6.61 Å². The molecule has 1 amide bonds. The van der Waals surface area contributed by atoms with E-state index in [0.29, 0.717) is 28.9 Å². The van der Waals surface area contributed by atoms with E-state index in [1.54, 1.807) is 35.8 Å². The van der Waals surface area contributed by atoms with Gasteiger partial charge in [-0.25, -0.2) is 9.18 Å². The van der Waals surface area contributed by atoms with Gasteiger partial charge in [0.25, 0.3) is 6.01 Å². The first-order valence-corrected chi connectivity index (χ1v) is 12.3. The van der Waals surface area contributed by atoms with Gasteiger partial charge in [0.15, 0.2) is 0 Å². The van der Waals surface area contributed by atoms with Crippen LogP contribution in [0.25, 0.3) is 11.1 Å². The largest absolute Gasteiger partial charge is 0.478 e. The van der Waals surface area contributed by atoms with Gasteiger partial charge < -0.3 is 15.2 Å². The number of amides is 1. The number of carbonyl (C=O) groups excluding carboxylic acids is 1. The molecular weight excluding hydrogens is 526 g/mol. The predicted molar refractivity (Wildman–Crippen MR) is 136 cm³/mol. The molecular formula is C26H27F4N3O4S. The fourth-order valence-corrected chi connectivity index (χ4v) is 4.23. The van der Waals surface area contributed by atoms with Crippen LogP contribution in [0, 0.1) is 5.82 Å². The quantitative estimate of drug-likeness (QED) is 0.222. The number of ether oxygens (including phenoxy) is 1. The summed E-state index contributed by atoms with van der Waals surface area (Å²) in [5, 5.41) is 10.3. The van der Waals surface area contributed by atoms with E-state index in [0.717, 1.165) is 0 Å².